The van der Waals surface area contributed by atoms with E-state index in [2.05, 4.69) is 25.7 Å². The van der Waals surface area contributed by atoms with E-state index in [1.807, 2.05) is 0 Å². The van der Waals surface area contributed by atoms with Crippen molar-refractivity contribution in [2.75, 3.05) is 19.7 Å². The predicted octanol–water partition coefficient (Wildman–Crippen LogP) is 1.49. The largest absolute Gasteiger partial charge is 0.396 e. The Balaban J connectivity index is 2.37. The second-order valence-corrected chi connectivity index (χ2v) is 4.31. The lowest BCUT2D eigenvalue weighted by Crippen LogP contribution is -2.37. The first-order valence-electron chi connectivity index (χ1n) is 4.98. The molecule has 2 heteroatoms. The van der Waals surface area contributed by atoms with E-state index in [-0.39, 0.29) is 5.41 Å². The number of aliphatic hydroxyl groups excluding tert-OH is 1. The van der Waals surface area contributed by atoms with E-state index in [0.29, 0.717) is 12.6 Å². The molecule has 1 aliphatic rings. The first-order chi connectivity index (χ1) is 5.63. The Morgan fingerprint density at radius 3 is 2.25 bits per heavy atom. The Morgan fingerprint density at radius 1 is 1.42 bits per heavy atom. The summed E-state index contributed by atoms with van der Waals surface area (Å²) in [4.78, 5) is 2.43. The van der Waals surface area contributed by atoms with Crippen molar-refractivity contribution in [1.82, 2.24) is 4.90 Å². The van der Waals surface area contributed by atoms with Crippen LogP contribution in [0, 0.1) is 5.41 Å². The van der Waals surface area contributed by atoms with Gasteiger partial charge in [-0.05, 0) is 33.2 Å². The minimum atomic E-state index is 0.278. The third-order valence-corrected chi connectivity index (χ3v) is 2.97. The van der Waals surface area contributed by atoms with Crippen LogP contribution in [0.4, 0.5) is 0 Å². The topological polar surface area (TPSA) is 23.5 Å². The zero-order valence-corrected chi connectivity index (χ0v) is 8.51. The molecule has 1 saturated carbocycles. The summed E-state index contributed by atoms with van der Waals surface area (Å²) >= 11 is 0. The second kappa shape index (κ2) is 3.75. The summed E-state index contributed by atoms with van der Waals surface area (Å²) in [5.41, 5.74) is 0.278. The van der Waals surface area contributed by atoms with E-state index in [0.717, 1.165) is 13.1 Å². The third kappa shape index (κ3) is 2.20. The Morgan fingerprint density at radius 2 is 2.00 bits per heavy atom. The third-order valence-electron chi connectivity index (χ3n) is 2.97. The summed E-state index contributed by atoms with van der Waals surface area (Å²) in [5, 5.41) is 9.16. The van der Waals surface area contributed by atoms with Gasteiger partial charge in [0, 0.05) is 24.6 Å². The first-order valence-corrected chi connectivity index (χ1v) is 4.98. The fraction of sp³-hybridized carbons (Fsp3) is 1.00. The van der Waals surface area contributed by atoms with Crippen molar-refractivity contribution in [3.05, 3.63) is 0 Å². The molecule has 0 atom stereocenters. The molecule has 1 rings (SSSR count). The molecule has 0 unspecified atom stereocenters. The summed E-state index contributed by atoms with van der Waals surface area (Å²) in [6, 6.07) is 0.610. The van der Waals surface area contributed by atoms with E-state index in [9.17, 15) is 0 Å². The van der Waals surface area contributed by atoms with Gasteiger partial charge >= 0.3 is 0 Å². The molecule has 0 aromatic rings. The molecule has 0 spiro atoms. The molecule has 2 nitrogen and oxygen atoms in total. The quantitative estimate of drug-likeness (QED) is 0.677. The molecule has 0 aromatic carbocycles. The fourth-order valence-corrected chi connectivity index (χ4v) is 1.63. The number of hydrogen-bond acceptors (Lipinski definition) is 2. The van der Waals surface area contributed by atoms with Crippen molar-refractivity contribution < 1.29 is 5.11 Å². The van der Waals surface area contributed by atoms with Crippen LogP contribution in [0.2, 0.25) is 0 Å². The van der Waals surface area contributed by atoms with Crippen molar-refractivity contribution in [3.8, 4) is 0 Å². The smallest absolute Gasteiger partial charge is 0.0499 e. The zero-order valence-electron chi connectivity index (χ0n) is 8.51. The van der Waals surface area contributed by atoms with Crippen molar-refractivity contribution in [2.45, 2.75) is 39.7 Å². The van der Waals surface area contributed by atoms with Gasteiger partial charge in [-0.25, -0.2) is 0 Å². The standard InChI is InChI=1S/C10H21NO/c1-4-11(9(2)3)7-10(8-12)5-6-10/h9,12H,4-8H2,1-3H3. The van der Waals surface area contributed by atoms with E-state index in [4.69, 9.17) is 5.11 Å². The predicted molar refractivity (Wildman–Crippen MR) is 51.1 cm³/mol. The van der Waals surface area contributed by atoms with Gasteiger partial charge in [0.25, 0.3) is 0 Å². The van der Waals surface area contributed by atoms with Crippen LogP contribution in [0.25, 0.3) is 0 Å². The molecule has 72 valence electrons. The van der Waals surface area contributed by atoms with E-state index >= 15 is 0 Å². The molecule has 0 saturated heterocycles. The van der Waals surface area contributed by atoms with Crippen molar-refractivity contribution >= 4 is 0 Å². The normalized spacial score (nSPS) is 20.5. The van der Waals surface area contributed by atoms with Crippen LogP contribution < -0.4 is 0 Å². The Bertz CT molecular complexity index is 141. The summed E-state index contributed by atoms with van der Waals surface area (Å²) in [5.74, 6) is 0. The monoisotopic (exact) mass is 171 g/mol. The number of nitrogens with zero attached hydrogens (tertiary/aromatic N) is 1. The SMILES string of the molecule is CCN(CC1(CO)CC1)C(C)C. The maximum atomic E-state index is 9.16. The van der Waals surface area contributed by atoms with Gasteiger partial charge in [0.1, 0.15) is 0 Å². The van der Waals surface area contributed by atoms with Gasteiger partial charge in [0.15, 0.2) is 0 Å². The number of aliphatic hydroxyl groups is 1. The van der Waals surface area contributed by atoms with Gasteiger partial charge in [-0.1, -0.05) is 6.92 Å². The molecule has 0 amide bonds. The van der Waals surface area contributed by atoms with Gasteiger partial charge in [0.2, 0.25) is 0 Å². The summed E-state index contributed by atoms with van der Waals surface area (Å²) in [6.07, 6.45) is 2.43. The van der Waals surface area contributed by atoms with Crippen LogP contribution in [0.3, 0.4) is 0 Å². The maximum Gasteiger partial charge on any atom is 0.0499 e. The second-order valence-electron chi connectivity index (χ2n) is 4.31. The first kappa shape index (κ1) is 10.0. The van der Waals surface area contributed by atoms with Crippen LogP contribution in [0.15, 0.2) is 0 Å². The molecule has 0 aromatic heterocycles. The van der Waals surface area contributed by atoms with Gasteiger partial charge in [-0.2, -0.15) is 0 Å². The van der Waals surface area contributed by atoms with E-state index < -0.39 is 0 Å². The van der Waals surface area contributed by atoms with E-state index in [1.165, 1.54) is 12.8 Å². The highest BCUT2D eigenvalue weighted by atomic mass is 16.3. The van der Waals surface area contributed by atoms with Crippen molar-refractivity contribution in [3.63, 3.8) is 0 Å². The minimum absolute atomic E-state index is 0.278. The molecule has 1 aliphatic carbocycles. The molecule has 0 heterocycles. The molecule has 1 fully saturated rings. The molecule has 0 radical (unpaired) electrons. The van der Waals surface area contributed by atoms with Gasteiger partial charge in [-0.3, -0.25) is 0 Å². The highest BCUT2D eigenvalue weighted by Crippen LogP contribution is 2.45. The lowest BCUT2D eigenvalue weighted by atomic mass is 10.1. The number of hydrogen-bond donors (Lipinski definition) is 1. The van der Waals surface area contributed by atoms with Crippen LogP contribution in [0.1, 0.15) is 33.6 Å². The van der Waals surface area contributed by atoms with Crippen LogP contribution >= 0.6 is 0 Å². The lowest BCUT2D eigenvalue weighted by Gasteiger charge is -2.28. The Labute approximate surface area is 75.6 Å². The molecule has 0 aliphatic heterocycles. The maximum absolute atomic E-state index is 9.16. The average molecular weight is 171 g/mol. The molecule has 0 bridgehead atoms. The van der Waals surface area contributed by atoms with Gasteiger partial charge in [-0.15, -0.1) is 0 Å². The van der Waals surface area contributed by atoms with Gasteiger partial charge in [0.05, 0.1) is 0 Å². The fourth-order valence-electron chi connectivity index (χ4n) is 1.63. The van der Waals surface area contributed by atoms with Crippen molar-refractivity contribution in [2.24, 2.45) is 5.41 Å². The minimum Gasteiger partial charge on any atom is -0.396 e. The van der Waals surface area contributed by atoms with Crippen LogP contribution in [-0.2, 0) is 0 Å². The number of rotatable bonds is 5. The highest BCUT2D eigenvalue weighted by molar-refractivity contribution is 4.95. The molecule has 12 heavy (non-hydrogen) atoms. The highest BCUT2D eigenvalue weighted by Gasteiger charge is 2.43. The summed E-state index contributed by atoms with van der Waals surface area (Å²) < 4.78 is 0. The summed E-state index contributed by atoms with van der Waals surface area (Å²) in [6.45, 7) is 9.18. The molecular weight excluding hydrogens is 150 g/mol. The molecular formula is C10H21NO. The Kier molecular flexibility index (Phi) is 3.13. The van der Waals surface area contributed by atoms with Crippen LogP contribution in [0.5, 0.6) is 0 Å². The lowest BCUT2D eigenvalue weighted by molar-refractivity contribution is 0.132. The van der Waals surface area contributed by atoms with E-state index in [1.54, 1.807) is 0 Å². The molecule has 1 N–H and O–H groups in total. The van der Waals surface area contributed by atoms with Gasteiger partial charge < -0.3 is 10.0 Å². The summed E-state index contributed by atoms with van der Waals surface area (Å²) in [7, 11) is 0. The zero-order chi connectivity index (χ0) is 9.19. The Hall–Kier alpha value is -0.0800. The average Bonchev–Trinajstić information content (AvgIpc) is 2.80. The van der Waals surface area contributed by atoms with Crippen LogP contribution in [-0.4, -0.2) is 35.7 Å². The van der Waals surface area contributed by atoms with Crippen molar-refractivity contribution in [1.29, 1.82) is 0 Å².